The van der Waals surface area contributed by atoms with E-state index in [9.17, 15) is 0 Å². The Balaban J connectivity index is 1.58. The first-order chi connectivity index (χ1) is 10.2. The summed E-state index contributed by atoms with van der Waals surface area (Å²) in [7, 11) is 0. The highest BCUT2D eigenvalue weighted by atomic mass is 79.9. The molecule has 0 heterocycles. The number of nitrogens with two attached hydrogens (primary N) is 1. The monoisotopic (exact) mass is 348 g/mol. The van der Waals surface area contributed by atoms with Gasteiger partial charge < -0.3 is 0 Å². The highest BCUT2D eigenvalue weighted by Gasteiger charge is 2.53. The van der Waals surface area contributed by atoms with Gasteiger partial charge in [-0.3, -0.25) is 11.3 Å². The number of hydrogen-bond acceptors (Lipinski definition) is 2. The van der Waals surface area contributed by atoms with Crippen LogP contribution >= 0.6 is 15.9 Å². The zero-order valence-electron chi connectivity index (χ0n) is 12.5. The van der Waals surface area contributed by atoms with Crippen molar-refractivity contribution in [1.82, 2.24) is 5.43 Å². The molecule has 0 amide bonds. The van der Waals surface area contributed by atoms with Gasteiger partial charge in [0.15, 0.2) is 0 Å². The molecule has 0 spiro atoms. The van der Waals surface area contributed by atoms with Crippen molar-refractivity contribution in [2.45, 2.75) is 51.0 Å². The van der Waals surface area contributed by atoms with Crippen LogP contribution in [0.4, 0.5) is 0 Å². The Kier molecular flexibility index (Phi) is 3.63. The summed E-state index contributed by atoms with van der Waals surface area (Å²) in [6.45, 7) is 0. The van der Waals surface area contributed by atoms with Crippen LogP contribution in [0.15, 0.2) is 28.7 Å². The first kappa shape index (κ1) is 14.2. The maximum absolute atomic E-state index is 6.02. The molecule has 4 saturated carbocycles. The fourth-order valence-electron chi connectivity index (χ4n) is 5.96. The molecule has 1 aromatic carbocycles. The number of benzene rings is 1. The molecule has 4 bridgehead atoms. The van der Waals surface area contributed by atoms with Gasteiger partial charge in [-0.25, -0.2) is 0 Å². The van der Waals surface area contributed by atoms with Crippen LogP contribution in [0.1, 0.15) is 44.1 Å². The van der Waals surface area contributed by atoms with E-state index in [2.05, 4.69) is 45.6 Å². The number of hydrazine groups is 1. The molecule has 4 aliphatic rings. The van der Waals surface area contributed by atoms with Crippen molar-refractivity contribution >= 4 is 15.9 Å². The predicted molar refractivity (Wildman–Crippen MR) is 89.6 cm³/mol. The van der Waals surface area contributed by atoms with E-state index in [1.165, 1.54) is 48.6 Å². The van der Waals surface area contributed by atoms with Gasteiger partial charge in [0.25, 0.3) is 0 Å². The van der Waals surface area contributed by atoms with Crippen molar-refractivity contribution in [3.05, 3.63) is 34.3 Å². The molecule has 0 aliphatic heterocycles. The third kappa shape index (κ3) is 2.58. The summed E-state index contributed by atoms with van der Waals surface area (Å²) >= 11 is 3.59. The van der Waals surface area contributed by atoms with Crippen LogP contribution in [0.2, 0.25) is 0 Å². The lowest BCUT2D eigenvalue weighted by Crippen LogP contribution is -2.58. The van der Waals surface area contributed by atoms with Crippen LogP contribution < -0.4 is 11.3 Å². The van der Waals surface area contributed by atoms with Crippen molar-refractivity contribution in [3.63, 3.8) is 0 Å². The lowest BCUT2D eigenvalue weighted by atomic mass is 9.47. The fourth-order valence-corrected chi connectivity index (χ4v) is 6.40. The largest absolute Gasteiger partial charge is 0.271 e. The Morgan fingerprint density at radius 2 is 1.76 bits per heavy atom. The Hall–Kier alpha value is -0.380. The van der Waals surface area contributed by atoms with Crippen LogP contribution in [0.3, 0.4) is 0 Å². The molecule has 4 fully saturated rings. The minimum atomic E-state index is 0.431. The van der Waals surface area contributed by atoms with Gasteiger partial charge in [0.2, 0.25) is 0 Å². The van der Waals surface area contributed by atoms with Gasteiger partial charge in [0.1, 0.15) is 0 Å². The minimum absolute atomic E-state index is 0.431. The molecular weight excluding hydrogens is 324 g/mol. The summed E-state index contributed by atoms with van der Waals surface area (Å²) in [5.74, 6) is 8.96. The maximum atomic E-state index is 6.02. The molecule has 1 atom stereocenters. The summed E-state index contributed by atoms with van der Waals surface area (Å²) in [4.78, 5) is 0. The molecule has 0 saturated heterocycles. The van der Waals surface area contributed by atoms with Crippen molar-refractivity contribution in [1.29, 1.82) is 0 Å². The van der Waals surface area contributed by atoms with Gasteiger partial charge in [0, 0.05) is 10.5 Å². The molecular formula is C18H25BrN2. The van der Waals surface area contributed by atoms with Gasteiger partial charge >= 0.3 is 0 Å². The quantitative estimate of drug-likeness (QED) is 0.636. The second-order valence-corrected chi connectivity index (χ2v) is 8.75. The summed E-state index contributed by atoms with van der Waals surface area (Å²) < 4.78 is 1.17. The van der Waals surface area contributed by atoms with Crippen LogP contribution in [-0.2, 0) is 6.42 Å². The molecule has 1 aromatic rings. The number of rotatable bonds is 4. The summed E-state index contributed by atoms with van der Waals surface area (Å²) in [6.07, 6.45) is 9.75. The molecule has 21 heavy (non-hydrogen) atoms. The summed E-state index contributed by atoms with van der Waals surface area (Å²) in [6, 6.07) is 9.13. The second-order valence-electron chi connectivity index (χ2n) is 7.83. The smallest absolute Gasteiger partial charge is 0.0307 e. The molecule has 5 rings (SSSR count). The van der Waals surface area contributed by atoms with E-state index in [1.54, 1.807) is 0 Å². The Labute approximate surface area is 136 Å². The van der Waals surface area contributed by atoms with E-state index in [-0.39, 0.29) is 0 Å². The number of halogens is 1. The van der Waals surface area contributed by atoms with E-state index in [1.807, 2.05) is 0 Å². The van der Waals surface area contributed by atoms with E-state index in [0.29, 0.717) is 11.5 Å². The Morgan fingerprint density at radius 3 is 2.29 bits per heavy atom. The highest BCUT2D eigenvalue weighted by Crippen LogP contribution is 2.61. The van der Waals surface area contributed by atoms with Gasteiger partial charge in [-0.1, -0.05) is 28.1 Å². The molecule has 2 nitrogen and oxygen atoms in total. The molecule has 0 aromatic heterocycles. The number of hydrogen-bond donors (Lipinski definition) is 2. The molecule has 1 unspecified atom stereocenters. The SMILES string of the molecule is NNC(Cc1cccc(Br)c1)C12CC3CC(CC(C3)C1)C2. The zero-order chi connectivity index (χ0) is 14.4. The number of nitrogens with one attached hydrogen (secondary N) is 1. The van der Waals surface area contributed by atoms with Crippen molar-refractivity contribution < 1.29 is 0 Å². The fraction of sp³-hybridized carbons (Fsp3) is 0.667. The standard InChI is InChI=1S/C18H25BrN2/c19-16-3-1-2-12(7-16)8-17(21-20)18-9-13-4-14(10-18)6-15(5-13)11-18/h1-3,7,13-15,17,21H,4-6,8-11,20H2. The highest BCUT2D eigenvalue weighted by molar-refractivity contribution is 9.10. The first-order valence-electron chi connectivity index (χ1n) is 8.37. The van der Waals surface area contributed by atoms with Crippen molar-refractivity contribution in [2.24, 2.45) is 29.0 Å². The van der Waals surface area contributed by atoms with Gasteiger partial charge in [0.05, 0.1) is 0 Å². The van der Waals surface area contributed by atoms with E-state index >= 15 is 0 Å². The van der Waals surface area contributed by atoms with Gasteiger partial charge in [-0.2, -0.15) is 0 Å². The molecule has 114 valence electrons. The average Bonchev–Trinajstić information content (AvgIpc) is 2.43. The third-order valence-corrected chi connectivity index (χ3v) is 6.85. The normalized spacial score (nSPS) is 38.7. The lowest BCUT2D eigenvalue weighted by Gasteiger charge is -2.59. The van der Waals surface area contributed by atoms with Crippen LogP contribution in [0, 0.1) is 23.2 Å². The average molecular weight is 349 g/mol. The molecule has 0 radical (unpaired) electrons. The lowest BCUT2D eigenvalue weighted by molar-refractivity contribution is -0.0737. The van der Waals surface area contributed by atoms with Crippen LogP contribution in [0.25, 0.3) is 0 Å². The topological polar surface area (TPSA) is 38.0 Å². The molecule has 3 heteroatoms. The van der Waals surface area contributed by atoms with E-state index in [4.69, 9.17) is 5.84 Å². The molecule has 4 aliphatic carbocycles. The van der Waals surface area contributed by atoms with Gasteiger partial charge in [-0.15, -0.1) is 0 Å². The Morgan fingerprint density at radius 1 is 1.14 bits per heavy atom. The van der Waals surface area contributed by atoms with Crippen LogP contribution in [0.5, 0.6) is 0 Å². The molecule has 3 N–H and O–H groups in total. The van der Waals surface area contributed by atoms with E-state index < -0.39 is 0 Å². The second kappa shape index (κ2) is 5.36. The maximum Gasteiger partial charge on any atom is 0.0307 e. The first-order valence-corrected chi connectivity index (χ1v) is 9.17. The van der Waals surface area contributed by atoms with Crippen molar-refractivity contribution in [3.8, 4) is 0 Å². The van der Waals surface area contributed by atoms with Crippen molar-refractivity contribution in [2.75, 3.05) is 0 Å². The minimum Gasteiger partial charge on any atom is -0.271 e. The zero-order valence-corrected chi connectivity index (χ0v) is 14.1. The third-order valence-electron chi connectivity index (χ3n) is 6.35. The van der Waals surface area contributed by atoms with E-state index in [0.717, 1.165) is 24.2 Å². The van der Waals surface area contributed by atoms with Gasteiger partial charge in [-0.05, 0) is 85.8 Å². The van der Waals surface area contributed by atoms with Crippen LogP contribution in [-0.4, -0.2) is 6.04 Å². The summed E-state index contributed by atoms with van der Waals surface area (Å²) in [5, 5.41) is 0. The Bertz CT molecular complexity index is 492. The summed E-state index contributed by atoms with van der Waals surface area (Å²) in [5.41, 5.74) is 5.07. The predicted octanol–water partition coefficient (Wildman–Crippen LogP) is 4.04.